The number of piperidine rings is 1. The normalized spacial score (nSPS) is 16.6. The van der Waals surface area contributed by atoms with Gasteiger partial charge in [0, 0.05) is 23.8 Å². The third kappa shape index (κ3) is 6.13. The Labute approximate surface area is 184 Å². The van der Waals surface area contributed by atoms with E-state index in [-0.39, 0.29) is 11.9 Å². The predicted octanol–water partition coefficient (Wildman–Crippen LogP) is 3.70. The number of benzene rings is 2. The van der Waals surface area contributed by atoms with Gasteiger partial charge in [0.2, 0.25) is 10.0 Å². The molecule has 1 atom stereocenters. The summed E-state index contributed by atoms with van der Waals surface area (Å²) in [5, 5.41) is 0. The Hall–Kier alpha value is -2.74. The average molecular weight is 447 g/mol. The standard InChI is InChI=1S/C23H30N2O5S/c1-29-21-13-11-17(15-22(21)30-2)10-12-20-9-4-5-14-25(20)23(26)18-7-6-8-19(16-18)24-31(3,27)28/h6-8,11,13,15-16,20,24H,4-5,9-10,12,14H2,1-3H3. The molecule has 31 heavy (non-hydrogen) atoms. The van der Waals surface area contributed by atoms with Gasteiger partial charge in [-0.15, -0.1) is 0 Å². The predicted molar refractivity (Wildman–Crippen MR) is 121 cm³/mol. The number of sulfonamides is 1. The molecule has 1 aliphatic heterocycles. The summed E-state index contributed by atoms with van der Waals surface area (Å²) in [7, 11) is -0.164. The summed E-state index contributed by atoms with van der Waals surface area (Å²) in [6.07, 6.45) is 5.79. The molecular weight excluding hydrogens is 416 g/mol. The molecule has 0 aromatic heterocycles. The molecule has 0 saturated carbocycles. The molecule has 0 spiro atoms. The van der Waals surface area contributed by atoms with Crippen molar-refractivity contribution in [2.45, 2.75) is 38.1 Å². The first-order valence-electron chi connectivity index (χ1n) is 10.4. The number of rotatable bonds is 8. The van der Waals surface area contributed by atoms with Crippen LogP contribution in [0.4, 0.5) is 5.69 Å². The number of nitrogens with one attached hydrogen (secondary N) is 1. The van der Waals surface area contributed by atoms with Crippen molar-refractivity contribution < 1.29 is 22.7 Å². The van der Waals surface area contributed by atoms with Gasteiger partial charge >= 0.3 is 0 Å². The van der Waals surface area contributed by atoms with Gasteiger partial charge < -0.3 is 14.4 Å². The van der Waals surface area contributed by atoms with Gasteiger partial charge in [0.05, 0.1) is 20.5 Å². The number of carbonyl (C=O) groups is 1. The van der Waals surface area contributed by atoms with Crippen LogP contribution in [0.5, 0.6) is 11.5 Å². The van der Waals surface area contributed by atoms with E-state index in [0.29, 0.717) is 29.3 Å². The number of amides is 1. The largest absolute Gasteiger partial charge is 0.493 e. The minimum atomic E-state index is -3.40. The van der Waals surface area contributed by atoms with Gasteiger partial charge in [-0.2, -0.15) is 0 Å². The highest BCUT2D eigenvalue weighted by Gasteiger charge is 2.27. The molecule has 3 rings (SSSR count). The highest BCUT2D eigenvalue weighted by atomic mass is 32.2. The molecule has 1 N–H and O–H groups in total. The van der Waals surface area contributed by atoms with Crippen LogP contribution in [0, 0.1) is 0 Å². The second-order valence-corrected chi connectivity index (χ2v) is 9.58. The second-order valence-electron chi connectivity index (χ2n) is 7.83. The van der Waals surface area contributed by atoms with E-state index >= 15 is 0 Å². The van der Waals surface area contributed by atoms with E-state index < -0.39 is 10.0 Å². The lowest BCUT2D eigenvalue weighted by molar-refractivity contribution is 0.0602. The van der Waals surface area contributed by atoms with Crippen molar-refractivity contribution in [3.8, 4) is 11.5 Å². The van der Waals surface area contributed by atoms with E-state index in [4.69, 9.17) is 9.47 Å². The maximum Gasteiger partial charge on any atom is 0.254 e. The van der Waals surface area contributed by atoms with Crippen molar-refractivity contribution in [1.29, 1.82) is 0 Å². The summed E-state index contributed by atoms with van der Waals surface area (Å²) < 4.78 is 36.2. The molecular formula is C23H30N2O5S. The number of carbonyl (C=O) groups excluding carboxylic acids is 1. The molecule has 1 fully saturated rings. The highest BCUT2D eigenvalue weighted by molar-refractivity contribution is 7.92. The lowest BCUT2D eigenvalue weighted by Crippen LogP contribution is -2.44. The third-order valence-electron chi connectivity index (χ3n) is 5.51. The summed E-state index contributed by atoms with van der Waals surface area (Å²) in [5.74, 6) is 1.34. The molecule has 2 aromatic rings. The fourth-order valence-electron chi connectivity index (χ4n) is 4.03. The van der Waals surface area contributed by atoms with Crippen LogP contribution < -0.4 is 14.2 Å². The van der Waals surface area contributed by atoms with E-state index in [1.165, 1.54) is 0 Å². The fraction of sp³-hybridized carbons (Fsp3) is 0.435. The van der Waals surface area contributed by atoms with Gasteiger partial charge in [-0.25, -0.2) is 8.42 Å². The fourth-order valence-corrected chi connectivity index (χ4v) is 4.59. The van der Waals surface area contributed by atoms with Gasteiger partial charge in [-0.1, -0.05) is 12.1 Å². The number of methoxy groups -OCH3 is 2. The number of hydrogen-bond donors (Lipinski definition) is 1. The van der Waals surface area contributed by atoms with Crippen molar-refractivity contribution >= 4 is 21.6 Å². The number of ether oxygens (including phenoxy) is 2. The van der Waals surface area contributed by atoms with E-state index in [2.05, 4.69) is 4.72 Å². The van der Waals surface area contributed by atoms with E-state index in [1.54, 1.807) is 38.5 Å². The van der Waals surface area contributed by atoms with Crippen LogP contribution in [0.2, 0.25) is 0 Å². The maximum absolute atomic E-state index is 13.2. The van der Waals surface area contributed by atoms with Crippen LogP contribution >= 0.6 is 0 Å². The van der Waals surface area contributed by atoms with Gasteiger partial charge in [0.25, 0.3) is 5.91 Å². The summed E-state index contributed by atoms with van der Waals surface area (Å²) in [6, 6.07) is 12.7. The molecule has 2 aromatic carbocycles. The van der Waals surface area contributed by atoms with E-state index in [0.717, 1.165) is 43.9 Å². The minimum Gasteiger partial charge on any atom is -0.493 e. The average Bonchev–Trinajstić information content (AvgIpc) is 2.76. The molecule has 0 radical (unpaired) electrons. The van der Waals surface area contributed by atoms with Gasteiger partial charge in [-0.3, -0.25) is 9.52 Å². The number of likely N-dealkylation sites (tertiary alicyclic amines) is 1. The monoisotopic (exact) mass is 446 g/mol. The van der Waals surface area contributed by atoms with Crippen LogP contribution in [0.15, 0.2) is 42.5 Å². The van der Waals surface area contributed by atoms with Gasteiger partial charge in [-0.05, 0) is 68.0 Å². The third-order valence-corrected chi connectivity index (χ3v) is 6.12. The molecule has 168 valence electrons. The first-order chi connectivity index (χ1) is 14.8. The van der Waals surface area contributed by atoms with Crippen LogP contribution in [0.3, 0.4) is 0 Å². The van der Waals surface area contributed by atoms with Crippen LogP contribution in [-0.2, 0) is 16.4 Å². The van der Waals surface area contributed by atoms with Crippen LogP contribution in [0.1, 0.15) is 41.6 Å². The number of aryl methyl sites for hydroxylation is 1. The zero-order chi connectivity index (χ0) is 22.4. The van der Waals surface area contributed by atoms with E-state index in [9.17, 15) is 13.2 Å². The quantitative estimate of drug-likeness (QED) is 0.668. The number of hydrogen-bond acceptors (Lipinski definition) is 5. The van der Waals surface area contributed by atoms with Crippen molar-refractivity contribution in [1.82, 2.24) is 4.90 Å². The molecule has 7 nitrogen and oxygen atoms in total. The Morgan fingerprint density at radius 3 is 2.58 bits per heavy atom. The molecule has 1 saturated heterocycles. The summed E-state index contributed by atoms with van der Waals surface area (Å²) in [4.78, 5) is 15.2. The zero-order valence-electron chi connectivity index (χ0n) is 18.3. The Morgan fingerprint density at radius 1 is 1.10 bits per heavy atom. The molecule has 1 aliphatic rings. The summed E-state index contributed by atoms with van der Waals surface area (Å²) >= 11 is 0. The highest BCUT2D eigenvalue weighted by Crippen LogP contribution is 2.29. The minimum absolute atomic E-state index is 0.0610. The molecule has 0 aliphatic carbocycles. The van der Waals surface area contributed by atoms with Crippen molar-refractivity contribution in [2.24, 2.45) is 0 Å². The molecule has 1 heterocycles. The lowest BCUT2D eigenvalue weighted by atomic mass is 9.95. The molecule has 1 amide bonds. The Bertz CT molecular complexity index is 1020. The molecule has 8 heteroatoms. The summed E-state index contributed by atoms with van der Waals surface area (Å²) in [6.45, 7) is 0.708. The first-order valence-corrected chi connectivity index (χ1v) is 12.3. The van der Waals surface area contributed by atoms with Crippen molar-refractivity contribution in [3.05, 3.63) is 53.6 Å². The number of anilines is 1. The lowest BCUT2D eigenvalue weighted by Gasteiger charge is -2.36. The molecule has 0 bridgehead atoms. The van der Waals surface area contributed by atoms with Gasteiger partial charge in [0.1, 0.15) is 0 Å². The smallest absolute Gasteiger partial charge is 0.254 e. The van der Waals surface area contributed by atoms with Gasteiger partial charge in [0.15, 0.2) is 11.5 Å². The van der Waals surface area contributed by atoms with Crippen molar-refractivity contribution in [2.75, 3.05) is 31.7 Å². The Balaban J connectivity index is 1.72. The van der Waals surface area contributed by atoms with E-state index in [1.807, 2.05) is 23.1 Å². The zero-order valence-corrected chi connectivity index (χ0v) is 19.1. The Morgan fingerprint density at radius 2 is 1.87 bits per heavy atom. The first kappa shape index (κ1) is 22.9. The van der Waals surface area contributed by atoms with Crippen molar-refractivity contribution in [3.63, 3.8) is 0 Å². The summed E-state index contributed by atoms with van der Waals surface area (Å²) in [5.41, 5.74) is 2.02. The van der Waals surface area contributed by atoms with Crippen LogP contribution in [-0.4, -0.2) is 52.3 Å². The molecule has 1 unspecified atom stereocenters. The maximum atomic E-state index is 13.2. The SMILES string of the molecule is COc1ccc(CCC2CCCCN2C(=O)c2cccc(NS(C)(=O)=O)c2)cc1OC. The second kappa shape index (κ2) is 10.0. The Kier molecular flexibility index (Phi) is 7.43. The number of nitrogens with zero attached hydrogens (tertiary/aromatic N) is 1. The van der Waals surface area contributed by atoms with Crippen LogP contribution in [0.25, 0.3) is 0 Å². The topological polar surface area (TPSA) is 84.9 Å².